The second-order valence-electron chi connectivity index (χ2n) is 6.30. The highest BCUT2D eigenvalue weighted by molar-refractivity contribution is 5.70. The van der Waals surface area contributed by atoms with Gasteiger partial charge in [-0.05, 0) is 68.4 Å². The Morgan fingerprint density at radius 1 is 1.08 bits per heavy atom. The Balaban J connectivity index is 2.19. The molecule has 0 spiro atoms. The molecule has 0 heterocycles. The quantitative estimate of drug-likeness (QED) is 0.734. The Kier molecular flexibility index (Phi) is 6.27. The summed E-state index contributed by atoms with van der Waals surface area (Å²) in [6.07, 6.45) is 7.73. The predicted molar refractivity (Wildman–Crippen MR) is 105 cm³/mol. The fourth-order valence-corrected chi connectivity index (χ4v) is 2.92. The summed E-state index contributed by atoms with van der Waals surface area (Å²) < 4.78 is 0. The highest BCUT2D eigenvalue weighted by Crippen LogP contribution is 2.20. The third-order valence-electron chi connectivity index (χ3n) is 4.42. The van der Waals surface area contributed by atoms with Gasteiger partial charge in [0.25, 0.3) is 0 Å². The van der Waals surface area contributed by atoms with Crippen molar-refractivity contribution in [2.75, 3.05) is 6.54 Å². The zero-order valence-electron chi connectivity index (χ0n) is 15.2. The Morgan fingerprint density at radius 2 is 1.88 bits per heavy atom. The first kappa shape index (κ1) is 17.9. The van der Waals surface area contributed by atoms with Crippen LogP contribution in [0.4, 0.5) is 0 Å². The predicted octanol–water partition coefficient (Wildman–Crippen LogP) is 5.06. The molecule has 0 aliphatic heterocycles. The zero-order valence-corrected chi connectivity index (χ0v) is 15.2. The standard InChI is InChI=1S/C23H27N/c1-6-23(24-7-2)19(5)22-10-8-9-20(16-22)13-14-21-15-17(3)11-12-18(21)4/h1,8-12,15-16,24H,7,13-14H2,2-5H3/b23-19+. The van der Waals surface area contributed by atoms with Gasteiger partial charge in [0.1, 0.15) is 0 Å². The summed E-state index contributed by atoms with van der Waals surface area (Å²) in [4.78, 5) is 0. The lowest BCUT2D eigenvalue weighted by atomic mass is 9.96. The number of terminal acetylenes is 1. The average Bonchev–Trinajstić information content (AvgIpc) is 2.60. The van der Waals surface area contributed by atoms with Gasteiger partial charge in [0.05, 0.1) is 5.70 Å². The minimum atomic E-state index is 0.837. The number of hydrogen-bond acceptors (Lipinski definition) is 1. The van der Waals surface area contributed by atoms with Crippen molar-refractivity contribution in [1.82, 2.24) is 5.32 Å². The summed E-state index contributed by atoms with van der Waals surface area (Å²) in [5.74, 6) is 2.76. The van der Waals surface area contributed by atoms with E-state index < -0.39 is 0 Å². The first-order valence-electron chi connectivity index (χ1n) is 8.62. The van der Waals surface area contributed by atoms with Crippen LogP contribution in [0.15, 0.2) is 48.2 Å². The Hall–Kier alpha value is -2.46. The monoisotopic (exact) mass is 317 g/mol. The van der Waals surface area contributed by atoms with E-state index in [4.69, 9.17) is 6.42 Å². The number of nitrogens with one attached hydrogen (secondary N) is 1. The zero-order chi connectivity index (χ0) is 17.5. The van der Waals surface area contributed by atoms with Gasteiger partial charge in [0.15, 0.2) is 0 Å². The molecule has 1 N–H and O–H groups in total. The normalized spacial score (nSPS) is 11.6. The maximum atomic E-state index is 5.63. The fourth-order valence-electron chi connectivity index (χ4n) is 2.92. The molecule has 0 unspecified atom stereocenters. The van der Waals surface area contributed by atoms with Crippen molar-refractivity contribution in [2.45, 2.75) is 40.5 Å². The van der Waals surface area contributed by atoms with Gasteiger partial charge in [-0.15, -0.1) is 6.42 Å². The van der Waals surface area contributed by atoms with Gasteiger partial charge in [0, 0.05) is 6.54 Å². The summed E-state index contributed by atoms with van der Waals surface area (Å²) >= 11 is 0. The number of rotatable bonds is 6. The van der Waals surface area contributed by atoms with Crippen molar-refractivity contribution < 1.29 is 0 Å². The molecule has 2 aromatic carbocycles. The molecule has 0 atom stereocenters. The van der Waals surface area contributed by atoms with Crippen LogP contribution in [0.1, 0.15) is 41.7 Å². The molecule has 0 saturated carbocycles. The second kappa shape index (κ2) is 8.41. The van der Waals surface area contributed by atoms with E-state index in [1.165, 1.54) is 27.8 Å². The second-order valence-corrected chi connectivity index (χ2v) is 6.30. The lowest BCUT2D eigenvalue weighted by molar-refractivity contribution is 0.887. The van der Waals surface area contributed by atoms with Gasteiger partial charge in [-0.1, -0.05) is 53.9 Å². The van der Waals surface area contributed by atoms with Crippen molar-refractivity contribution >= 4 is 5.57 Å². The molecule has 1 nitrogen and oxygen atoms in total. The van der Waals surface area contributed by atoms with E-state index in [1.807, 2.05) is 0 Å². The van der Waals surface area contributed by atoms with Crippen molar-refractivity contribution in [1.29, 1.82) is 0 Å². The highest BCUT2D eigenvalue weighted by atomic mass is 14.9. The Morgan fingerprint density at radius 3 is 2.58 bits per heavy atom. The molecule has 24 heavy (non-hydrogen) atoms. The van der Waals surface area contributed by atoms with Crippen molar-refractivity contribution in [3.05, 3.63) is 76.0 Å². The third-order valence-corrected chi connectivity index (χ3v) is 4.42. The van der Waals surface area contributed by atoms with Gasteiger partial charge in [-0.2, -0.15) is 0 Å². The van der Waals surface area contributed by atoms with Crippen LogP contribution in [0, 0.1) is 26.2 Å². The van der Waals surface area contributed by atoms with Crippen LogP contribution in [-0.2, 0) is 12.8 Å². The topological polar surface area (TPSA) is 12.0 Å². The number of aryl methyl sites for hydroxylation is 4. The molecule has 124 valence electrons. The molecule has 0 amide bonds. The molecule has 0 fully saturated rings. The number of benzene rings is 2. The van der Waals surface area contributed by atoms with Crippen LogP contribution in [0.3, 0.4) is 0 Å². The van der Waals surface area contributed by atoms with Crippen LogP contribution >= 0.6 is 0 Å². The first-order chi connectivity index (χ1) is 11.5. The van der Waals surface area contributed by atoms with E-state index in [-0.39, 0.29) is 0 Å². The Bertz CT molecular complexity index is 775. The number of hydrogen-bond donors (Lipinski definition) is 1. The third kappa shape index (κ3) is 4.52. The minimum Gasteiger partial charge on any atom is -0.378 e. The van der Waals surface area contributed by atoms with Crippen LogP contribution < -0.4 is 5.32 Å². The van der Waals surface area contributed by atoms with E-state index in [1.54, 1.807) is 0 Å². The summed E-state index contributed by atoms with van der Waals surface area (Å²) in [6.45, 7) is 9.32. The highest BCUT2D eigenvalue weighted by Gasteiger charge is 2.05. The maximum Gasteiger partial charge on any atom is 0.0886 e. The van der Waals surface area contributed by atoms with E-state index in [0.717, 1.165) is 30.7 Å². The lowest BCUT2D eigenvalue weighted by Crippen LogP contribution is -2.12. The van der Waals surface area contributed by atoms with Crippen molar-refractivity contribution in [3.8, 4) is 12.3 Å². The first-order valence-corrected chi connectivity index (χ1v) is 8.62. The SMILES string of the molecule is C#C/C(NCC)=C(/C)c1cccc(CCc2cc(C)ccc2C)c1. The van der Waals surface area contributed by atoms with Crippen LogP contribution in [0.5, 0.6) is 0 Å². The summed E-state index contributed by atoms with van der Waals surface area (Å²) in [6, 6.07) is 15.4. The smallest absolute Gasteiger partial charge is 0.0886 e. The fraction of sp³-hybridized carbons (Fsp3) is 0.304. The van der Waals surface area contributed by atoms with E-state index in [0.29, 0.717) is 0 Å². The van der Waals surface area contributed by atoms with E-state index >= 15 is 0 Å². The van der Waals surface area contributed by atoms with Crippen LogP contribution in [0.2, 0.25) is 0 Å². The Labute approximate surface area is 146 Å². The molecule has 2 rings (SSSR count). The van der Waals surface area contributed by atoms with Crippen molar-refractivity contribution in [2.24, 2.45) is 0 Å². The molecule has 0 radical (unpaired) electrons. The summed E-state index contributed by atoms with van der Waals surface area (Å²) in [5.41, 5.74) is 8.69. The summed E-state index contributed by atoms with van der Waals surface area (Å²) in [7, 11) is 0. The molecule has 2 aromatic rings. The van der Waals surface area contributed by atoms with Gasteiger partial charge in [-0.25, -0.2) is 0 Å². The van der Waals surface area contributed by atoms with E-state index in [9.17, 15) is 0 Å². The van der Waals surface area contributed by atoms with Crippen molar-refractivity contribution in [3.63, 3.8) is 0 Å². The molecule has 0 aliphatic rings. The van der Waals surface area contributed by atoms with Gasteiger partial charge < -0.3 is 5.32 Å². The van der Waals surface area contributed by atoms with Gasteiger partial charge in [-0.3, -0.25) is 0 Å². The average molecular weight is 317 g/mol. The summed E-state index contributed by atoms with van der Waals surface area (Å²) in [5, 5.41) is 3.27. The lowest BCUT2D eigenvalue weighted by Gasteiger charge is -2.11. The van der Waals surface area contributed by atoms with Crippen LogP contribution in [-0.4, -0.2) is 6.54 Å². The number of allylic oxidation sites excluding steroid dienone is 2. The molecule has 0 bridgehead atoms. The molecular formula is C23H27N. The van der Waals surface area contributed by atoms with Crippen LogP contribution in [0.25, 0.3) is 5.57 Å². The molecule has 0 aromatic heterocycles. The maximum absolute atomic E-state index is 5.63. The van der Waals surface area contributed by atoms with Gasteiger partial charge in [0.2, 0.25) is 0 Å². The molecule has 0 aliphatic carbocycles. The van der Waals surface area contributed by atoms with E-state index in [2.05, 4.69) is 81.4 Å². The molecule has 0 saturated heterocycles. The molecule has 1 heteroatoms. The largest absolute Gasteiger partial charge is 0.378 e. The van der Waals surface area contributed by atoms with Gasteiger partial charge >= 0.3 is 0 Å². The minimum absolute atomic E-state index is 0.837. The molecular weight excluding hydrogens is 290 g/mol.